The lowest BCUT2D eigenvalue weighted by Gasteiger charge is -2.13. The number of aliphatic hydroxyl groups is 1. The molecular weight excluding hydrogens is 262 g/mol. The van der Waals surface area contributed by atoms with E-state index < -0.39 is 6.10 Å². The van der Waals surface area contributed by atoms with Crippen molar-refractivity contribution in [3.8, 4) is 5.75 Å². The van der Waals surface area contributed by atoms with Crippen molar-refractivity contribution < 1.29 is 9.84 Å². The Hall–Kier alpha value is -1.84. The molecule has 1 atom stereocenters. The van der Waals surface area contributed by atoms with Gasteiger partial charge in [-0.25, -0.2) is 0 Å². The van der Waals surface area contributed by atoms with Gasteiger partial charge in [-0.1, -0.05) is 49.4 Å². The molecule has 2 rings (SSSR count). The first-order valence-corrected chi connectivity index (χ1v) is 7.45. The van der Waals surface area contributed by atoms with Crippen molar-refractivity contribution in [1.29, 1.82) is 0 Å². The van der Waals surface area contributed by atoms with Gasteiger partial charge in [0.25, 0.3) is 0 Å². The van der Waals surface area contributed by atoms with Gasteiger partial charge in [-0.2, -0.15) is 0 Å². The van der Waals surface area contributed by atoms with Gasteiger partial charge in [0.1, 0.15) is 12.4 Å². The molecule has 0 aromatic heterocycles. The van der Waals surface area contributed by atoms with Crippen LogP contribution in [-0.4, -0.2) is 18.2 Å². The van der Waals surface area contributed by atoms with Crippen LogP contribution in [0.4, 0.5) is 0 Å². The molecule has 2 aromatic rings. The smallest absolute Gasteiger partial charge is 0.119 e. The Morgan fingerprint density at radius 3 is 2.43 bits per heavy atom. The molecule has 0 radical (unpaired) electrons. The zero-order chi connectivity index (χ0) is 14.9. The van der Waals surface area contributed by atoms with Crippen LogP contribution in [0.1, 0.15) is 30.6 Å². The second kappa shape index (κ2) is 8.45. The first-order chi connectivity index (χ1) is 10.3. The Kier molecular flexibility index (Phi) is 6.25. The summed E-state index contributed by atoms with van der Waals surface area (Å²) >= 11 is 0. The summed E-state index contributed by atoms with van der Waals surface area (Å²) in [5, 5.41) is 13.3. The van der Waals surface area contributed by atoms with E-state index in [4.69, 9.17) is 4.74 Å². The summed E-state index contributed by atoms with van der Waals surface area (Å²) < 4.78 is 5.73. The normalized spacial score (nSPS) is 12.1. The molecule has 0 saturated carbocycles. The molecule has 0 heterocycles. The van der Waals surface area contributed by atoms with E-state index in [1.165, 1.54) is 0 Å². The minimum Gasteiger partial charge on any atom is -0.489 e. The van der Waals surface area contributed by atoms with Crippen LogP contribution in [0.25, 0.3) is 0 Å². The Balaban J connectivity index is 1.84. The van der Waals surface area contributed by atoms with Crippen molar-refractivity contribution in [2.24, 2.45) is 0 Å². The molecule has 3 nitrogen and oxygen atoms in total. The van der Waals surface area contributed by atoms with Crippen molar-refractivity contribution in [2.75, 3.05) is 13.1 Å². The maximum Gasteiger partial charge on any atom is 0.119 e. The van der Waals surface area contributed by atoms with Gasteiger partial charge in [0.05, 0.1) is 6.10 Å². The van der Waals surface area contributed by atoms with Crippen molar-refractivity contribution in [3.63, 3.8) is 0 Å². The van der Waals surface area contributed by atoms with Gasteiger partial charge >= 0.3 is 0 Å². The van der Waals surface area contributed by atoms with Gasteiger partial charge in [-0.3, -0.25) is 0 Å². The summed E-state index contributed by atoms with van der Waals surface area (Å²) in [4.78, 5) is 0. The van der Waals surface area contributed by atoms with Gasteiger partial charge in [0, 0.05) is 6.54 Å². The summed E-state index contributed by atoms with van der Waals surface area (Å²) in [7, 11) is 0. The van der Waals surface area contributed by atoms with Crippen LogP contribution in [-0.2, 0) is 6.61 Å². The van der Waals surface area contributed by atoms with Crippen LogP contribution in [0.3, 0.4) is 0 Å². The molecule has 0 aliphatic rings. The average Bonchev–Trinajstić information content (AvgIpc) is 2.54. The standard InChI is InChI=1S/C18H23NO2/c1-2-12-19-13-18(20)16-8-10-17(11-9-16)21-14-15-6-4-3-5-7-15/h3-11,18-20H,2,12-14H2,1H3/t18-/m1/s1. The Bertz CT molecular complexity index is 511. The maximum absolute atomic E-state index is 10.0. The Morgan fingerprint density at radius 2 is 1.76 bits per heavy atom. The molecular formula is C18H23NO2. The lowest BCUT2D eigenvalue weighted by atomic mass is 10.1. The van der Waals surface area contributed by atoms with E-state index in [0.29, 0.717) is 13.2 Å². The van der Waals surface area contributed by atoms with E-state index in [-0.39, 0.29) is 0 Å². The summed E-state index contributed by atoms with van der Waals surface area (Å²) in [5.41, 5.74) is 2.05. The minimum absolute atomic E-state index is 0.472. The van der Waals surface area contributed by atoms with Gasteiger partial charge < -0.3 is 15.2 Å². The van der Waals surface area contributed by atoms with Gasteiger partial charge in [-0.05, 0) is 36.2 Å². The van der Waals surface area contributed by atoms with E-state index in [2.05, 4.69) is 12.2 Å². The monoisotopic (exact) mass is 285 g/mol. The summed E-state index contributed by atoms with van der Waals surface area (Å²) in [6, 6.07) is 17.7. The predicted molar refractivity (Wildman–Crippen MR) is 85.3 cm³/mol. The Morgan fingerprint density at radius 1 is 1.05 bits per heavy atom. The molecule has 21 heavy (non-hydrogen) atoms. The number of rotatable bonds is 8. The summed E-state index contributed by atoms with van der Waals surface area (Å²) in [5.74, 6) is 0.816. The molecule has 0 amide bonds. The lowest BCUT2D eigenvalue weighted by Crippen LogP contribution is -2.22. The van der Waals surface area contributed by atoms with Gasteiger partial charge in [0.15, 0.2) is 0 Å². The van der Waals surface area contributed by atoms with Gasteiger partial charge in [0.2, 0.25) is 0 Å². The zero-order valence-corrected chi connectivity index (χ0v) is 12.5. The summed E-state index contributed by atoms with van der Waals surface area (Å²) in [6.07, 6.45) is 0.596. The third-order valence-electron chi connectivity index (χ3n) is 3.28. The van der Waals surface area contributed by atoms with Crippen molar-refractivity contribution in [3.05, 3.63) is 65.7 Å². The van der Waals surface area contributed by atoms with Crippen LogP contribution >= 0.6 is 0 Å². The summed E-state index contributed by atoms with van der Waals surface area (Å²) in [6.45, 7) is 4.17. The fourth-order valence-electron chi connectivity index (χ4n) is 2.06. The van der Waals surface area contributed by atoms with E-state index in [9.17, 15) is 5.11 Å². The van der Waals surface area contributed by atoms with Crippen LogP contribution in [0.2, 0.25) is 0 Å². The largest absolute Gasteiger partial charge is 0.489 e. The molecule has 0 fully saturated rings. The molecule has 0 bridgehead atoms. The fraction of sp³-hybridized carbons (Fsp3) is 0.333. The minimum atomic E-state index is -0.472. The van der Waals surface area contributed by atoms with Crippen molar-refractivity contribution in [1.82, 2.24) is 5.32 Å². The van der Waals surface area contributed by atoms with Crippen LogP contribution in [0, 0.1) is 0 Å². The second-order valence-corrected chi connectivity index (χ2v) is 5.06. The van der Waals surface area contributed by atoms with Crippen molar-refractivity contribution >= 4 is 0 Å². The van der Waals surface area contributed by atoms with Crippen LogP contribution in [0.15, 0.2) is 54.6 Å². The number of nitrogens with one attached hydrogen (secondary N) is 1. The highest BCUT2D eigenvalue weighted by atomic mass is 16.5. The van der Waals surface area contributed by atoms with Crippen LogP contribution in [0.5, 0.6) is 5.75 Å². The second-order valence-electron chi connectivity index (χ2n) is 5.06. The molecule has 2 aromatic carbocycles. The molecule has 3 heteroatoms. The highest BCUT2D eigenvalue weighted by Crippen LogP contribution is 2.18. The third kappa shape index (κ3) is 5.21. The highest BCUT2D eigenvalue weighted by Gasteiger charge is 2.06. The molecule has 2 N–H and O–H groups in total. The number of benzene rings is 2. The van der Waals surface area contributed by atoms with Crippen molar-refractivity contribution in [2.45, 2.75) is 26.1 Å². The number of ether oxygens (including phenoxy) is 1. The van der Waals surface area contributed by atoms with E-state index in [1.807, 2.05) is 54.6 Å². The average molecular weight is 285 g/mol. The predicted octanol–water partition coefficient (Wildman–Crippen LogP) is 3.30. The third-order valence-corrected chi connectivity index (χ3v) is 3.28. The van der Waals surface area contributed by atoms with Gasteiger partial charge in [-0.15, -0.1) is 0 Å². The maximum atomic E-state index is 10.0. The first kappa shape index (κ1) is 15.5. The van der Waals surface area contributed by atoms with E-state index >= 15 is 0 Å². The molecule has 0 aliphatic carbocycles. The Labute approximate surface area is 126 Å². The molecule has 0 unspecified atom stereocenters. The number of aliphatic hydroxyl groups excluding tert-OH is 1. The lowest BCUT2D eigenvalue weighted by molar-refractivity contribution is 0.175. The zero-order valence-electron chi connectivity index (χ0n) is 12.5. The van der Waals surface area contributed by atoms with Crippen LogP contribution < -0.4 is 10.1 Å². The fourth-order valence-corrected chi connectivity index (χ4v) is 2.06. The quantitative estimate of drug-likeness (QED) is 0.731. The van der Waals surface area contributed by atoms with E-state index in [0.717, 1.165) is 29.8 Å². The number of hydrogen-bond donors (Lipinski definition) is 2. The van der Waals surface area contributed by atoms with E-state index in [1.54, 1.807) is 0 Å². The molecule has 112 valence electrons. The molecule has 0 spiro atoms. The number of hydrogen-bond acceptors (Lipinski definition) is 3. The first-order valence-electron chi connectivity index (χ1n) is 7.45. The molecule has 0 aliphatic heterocycles. The topological polar surface area (TPSA) is 41.5 Å². The SMILES string of the molecule is CCCNC[C@@H](O)c1ccc(OCc2ccccc2)cc1. The highest BCUT2D eigenvalue weighted by molar-refractivity contribution is 5.29. The molecule has 0 saturated heterocycles.